The molecule has 0 amide bonds. The summed E-state index contributed by atoms with van der Waals surface area (Å²) in [6.07, 6.45) is 3.85. The fourth-order valence-corrected chi connectivity index (χ4v) is 3.50. The summed E-state index contributed by atoms with van der Waals surface area (Å²) in [5.74, 6) is 3.34. The minimum atomic E-state index is 0.681. The van der Waals surface area contributed by atoms with Crippen LogP contribution in [0.25, 0.3) is 0 Å². The molecule has 106 valence electrons. The van der Waals surface area contributed by atoms with Gasteiger partial charge in [-0.15, -0.1) is 0 Å². The van der Waals surface area contributed by atoms with Gasteiger partial charge in [-0.2, -0.15) is 11.8 Å². The van der Waals surface area contributed by atoms with E-state index in [0.717, 1.165) is 44.1 Å². The number of nitrogens with one attached hydrogen (secondary N) is 1. The fourth-order valence-electron chi connectivity index (χ4n) is 2.49. The van der Waals surface area contributed by atoms with Crippen LogP contribution in [0.4, 0.5) is 11.6 Å². The Morgan fingerprint density at radius 2 is 2.26 bits per heavy atom. The van der Waals surface area contributed by atoms with Gasteiger partial charge in [0, 0.05) is 36.2 Å². The van der Waals surface area contributed by atoms with Crippen LogP contribution in [0.15, 0.2) is 6.33 Å². The molecule has 0 saturated carbocycles. The highest BCUT2D eigenvalue weighted by Gasteiger charge is 2.21. The zero-order valence-corrected chi connectivity index (χ0v) is 13.0. The van der Waals surface area contributed by atoms with Gasteiger partial charge in [-0.25, -0.2) is 9.97 Å². The van der Waals surface area contributed by atoms with E-state index in [1.54, 1.807) is 6.33 Å². The Morgan fingerprint density at radius 3 is 2.95 bits per heavy atom. The van der Waals surface area contributed by atoms with Gasteiger partial charge in [-0.05, 0) is 13.3 Å². The maximum atomic E-state index is 4.56. The average molecular weight is 280 g/mol. The number of hydrogen-bond acceptors (Lipinski definition) is 5. The van der Waals surface area contributed by atoms with Gasteiger partial charge in [0.05, 0.1) is 0 Å². The van der Waals surface area contributed by atoms with Crippen LogP contribution >= 0.6 is 11.8 Å². The van der Waals surface area contributed by atoms with Gasteiger partial charge in [0.25, 0.3) is 0 Å². The highest BCUT2D eigenvalue weighted by molar-refractivity contribution is 8.00. The number of nitrogens with zero attached hydrogens (tertiary/aromatic N) is 3. The third-order valence-corrected chi connectivity index (χ3v) is 4.44. The van der Waals surface area contributed by atoms with Crippen molar-refractivity contribution in [2.45, 2.75) is 38.9 Å². The molecular weight excluding hydrogens is 256 g/mol. The monoisotopic (exact) mass is 280 g/mol. The van der Waals surface area contributed by atoms with Crippen molar-refractivity contribution in [2.75, 3.05) is 35.6 Å². The van der Waals surface area contributed by atoms with Crippen molar-refractivity contribution in [1.29, 1.82) is 0 Å². The van der Waals surface area contributed by atoms with Gasteiger partial charge in [-0.3, -0.25) is 0 Å². The zero-order chi connectivity index (χ0) is 13.7. The molecule has 0 spiro atoms. The van der Waals surface area contributed by atoms with Gasteiger partial charge in [0.15, 0.2) is 0 Å². The van der Waals surface area contributed by atoms with E-state index in [1.165, 1.54) is 11.3 Å². The molecule has 5 heteroatoms. The van der Waals surface area contributed by atoms with Crippen LogP contribution in [-0.2, 0) is 6.42 Å². The smallest absolute Gasteiger partial charge is 0.137 e. The summed E-state index contributed by atoms with van der Waals surface area (Å²) in [4.78, 5) is 11.4. The third kappa shape index (κ3) is 3.53. The minimum absolute atomic E-state index is 0.681. The van der Waals surface area contributed by atoms with E-state index in [-0.39, 0.29) is 0 Å². The number of aromatic nitrogens is 2. The highest BCUT2D eigenvalue weighted by atomic mass is 32.2. The lowest BCUT2D eigenvalue weighted by Gasteiger charge is -2.33. The molecule has 1 fully saturated rings. The van der Waals surface area contributed by atoms with Crippen LogP contribution in [-0.4, -0.2) is 40.6 Å². The second-order valence-corrected chi connectivity index (χ2v) is 6.48. The molecule has 2 heterocycles. The Hall–Kier alpha value is -0.970. The number of hydrogen-bond donors (Lipinski definition) is 1. The standard InChI is InChI=1S/C14H24N4S/c1-4-6-12-13(15-5-2)16-10-17-14(12)18-7-8-19-11(3)9-18/h10-11H,4-9H2,1-3H3,(H,15,16,17). The number of rotatable bonds is 5. The molecular formula is C14H24N4S. The lowest BCUT2D eigenvalue weighted by molar-refractivity contribution is 0.755. The Labute approximate surface area is 120 Å². The van der Waals surface area contributed by atoms with Crippen LogP contribution in [0.3, 0.4) is 0 Å². The van der Waals surface area contributed by atoms with Gasteiger partial charge in [0.2, 0.25) is 0 Å². The summed E-state index contributed by atoms with van der Waals surface area (Å²) in [5, 5.41) is 4.05. The minimum Gasteiger partial charge on any atom is -0.370 e. The quantitative estimate of drug-likeness (QED) is 0.898. The second-order valence-electron chi connectivity index (χ2n) is 4.93. The van der Waals surface area contributed by atoms with Crippen molar-refractivity contribution in [3.8, 4) is 0 Å². The van der Waals surface area contributed by atoms with Crippen molar-refractivity contribution >= 4 is 23.4 Å². The van der Waals surface area contributed by atoms with Gasteiger partial charge in [-0.1, -0.05) is 20.3 Å². The summed E-state index contributed by atoms with van der Waals surface area (Å²) in [5.41, 5.74) is 1.28. The Bertz CT molecular complexity index is 410. The zero-order valence-electron chi connectivity index (χ0n) is 12.1. The average Bonchev–Trinajstić information content (AvgIpc) is 2.41. The summed E-state index contributed by atoms with van der Waals surface area (Å²) in [7, 11) is 0. The topological polar surface area (TPSA) is 41.1 Å². The summed E-state index contributed by atoms with van der Waals surface area (Å²) in [6, 6.07) is 0. The Kier molecular flexibility index (Phi) is 5.31. The van der Waals surface area contributed by atoms with Crippen molar-refractivity contribution in [2.24, 2.45) is 0 Å². The third-order valence-electron chi connectivity index (χ3n) is 3.31. The Balaban J connectivity index is 2.29. The number of anilines is 2. The molecule has 1 N–H and O–H groups in total. The molecule has 0 bridgehead atoms. The SMILES string of the molecule is CCCc1c(NCC)ncnc1N1CCSC(C)C1. The molecule has 1 aliphatic rings. The van der Waals surface area contributed by atoms with Crippen molar-refractivity contribution in [3.63, 3.8) is 0 Å². The molecule has 1 aliphatic heterocycles. The predicted octanol–water partition coefficient (Wildman–Crippen LogP) is 2.80. The van der Waals surface area contributed by atoms with E-state index >= 15 is 0 Å². The van der Waals surface area contributed by atoms with Crippen LogP contribution in [0, 0.1) is 0 Å². The number of thioether (sulfide) groups is 1. The molecule has 1 aromatic heterocycles. The van der Waals surface area contributed by atoms with Crippen molar-refractivity contribution in [3.05, 3.63) is 11.9 Å². The molecule has 1 aromatic rings. The van der Waals surface area contributed by atoms with Gasteiger partial charge < -0.3 is 10.2 Å². The summed E-state index contributed by atoms with van der Waals surface area (Å²) in [6.45, 7) is 9.69. The maximum Gasteiger partial charge on any atom is 0.137 e. The van der Waals surface area contributed by atoms with E-state index in [9.17, 15) is 0 Å². The first kappa shape index (κ1) is 14.4. The van der Waals surface area contributed by atoms with E-state index in [1.807, 2.05) is 11.8 Å². The fraction of sp³-hybridized carbons (Fsp3) is 0.714. The lowest BCUT2D eigenvalue weighted by atomic mass is 10.1. The normalized spacial score (nSPS) is 19.5. The van der Waals surface area contributed by atoms with Crippen LogP contribution in [0.1, 0.15) is 32.8 Å². The molecule has 19 heavy (non-hydrogen) atoms. The van der Waals surface area contributed by atoms with E-state index in [4.69, 9.17) is 0 Å². The van der Waals surface area contributed by atoms with Crippen molar-refractivity contribution in [1.82, 2.24) is 9.97 Å². The summed E-state index contributed by atoms with van der Waals surface area (Å²) >= 11 is 2.05. The first-order valence-electron chi connectivity index (χ1n) is 7.20. The largest absolute Gasteiger partial charge is 0.370 e. The first-order chi connectivity index (χ1) is 9.26. The van der Waals surface area contributed by atoms with Crippen LogP contribution in [0.2, 0.25) is 0 Å². The van der Waals surface area contributed by atoms with Crippen LogP contribution < -0.4 is 10.2 Å². The summed E-state index contributed by atoms with van der Waals surface area (Å²) < 4.78 is 0. The van der Waals surface area contributed by atoms with E-state index in [2.05, 4.69) is 41.0 Å². The molecule has 4 nitrogen and oxygen atoms in total. The molecule has 0 radical (unpaired) electrons. The van der Waals surface area contributed by atoms with Crippen molar-refractivity contribution < 1.29 is 0 Å². The predicted molar refractivity (Wildman–Crippen MR) is 84.3 cm³/mol. The van der Waals surface area contributed by atoms with E-state index < -0.39 is 0 Å². The molecule has 0 aromatic carbocycles. The molecule has 1 atom stereocenters. The lowest BCUT2D eigenvalue weighted by Crippen LogP contribution is -2.38. The maximum absolute atomic E-state index is 4.56. The van der Waals surface area contributed by atoms with Gasteiger partial charge in [0.1, 0.15) is 18.0 Å². The molecule has 2 rings (SSSR count). The Morgan fingerprint density at radius 1 is 1.42 bits per heavy atom. The van der Waals surface area contributed by atoms with Crippen LogP contribution in [0.5, 0.6) is 0 Å². The second kappa shape index (κ2) is 6.98. The van der Waals surface area contributed by atoms with E-state index in [0.29, 0.717) is 5.25 Å². The molecule has 1 unspecified atom stereocenters. The molecule has 1 saturated heterocycles. The van der Waals surface area contributed by atoms with Gasteiger partial charge >= 0.3 is 0 Å². The first-order valence-corrected chi connectivity index (χ1v) is 8.25. The molecule has 0 aliphatic carbocycles. The highest BCUT2D eigenvalue weighted by Crippen LogP contribution is 2.28.